The summed E-state index contributed by atoms with van der Waals surface area (Å²) in [5.74, 6) is 1.39. The van der Waals surface area contributed by atoms with Crippen molar-refractivity contribution in [1.82, 2.24) is 4.31 Å². The smallest absolute Gasteiger partial charge is 0.246 e. The van der Waals surface area contributed by atoms with Gasteiger partial charge in [0.1, 0.15) is 16.4 Å². The second kappa shape index (κ2) is 7.53. The normalized spacial score (nSPS) is 19.6. The summed E-state index contributed by atoms with van der Waals surface area (Å²) >= 11 is 0. The molecule has 1 atom stereocenters. The van der Waals surface area contributed by atoms with Crippen LogP contribution in [0.3, 0.4) is 0 Å². The number of aryl methyl sites for hydroxylation is 1. The molecule has 2 rings (SSSR count). The number of piperidine rings is 1. The van der Waals surface area contributed by atoms with Gasteiger partial charge in [-0.2, -0.15) is 4.31 Å². The first kappa shape index (κ1) is 18.1. The molecule has 1 heterocycles. The van der Waals surface area contributed by atoms with Crippen LogP contribution in [0.5, 0.6) is 11.5 Å². The predicted molar refractivity (Wildman–Crippen MR) is 90.7 cm³/mol. The first-order valence-electron chi connectivity index (χ1n) is 8.30. The van der Waals surface area contributed by atoms with E-state index < -0.39 is 10.0 Å². The Morgan fingerprint density at radius 1 is 1.17 bits per heavy atom. The molecule has 0 N–H and O–H groups in total. The Bertz CT molecular complexity index is 642. The second-order valence-electron chi connectivity index (χ2n) is 6.04. The van der Waals surface area contributed by atoms with E-state index in [1.54, 1.807) is 16.4 Å². The van der Waals surface area contributed by atoms with E-state index in [-0.39, 0.29) is 4.90 Å². The van der Waals surface area contributed by atoms with Crippen LogP contribution in [-0.2, 0) is 10.0 Å². The minimum Gasteiger partial charge on any atom is -0.494 e. The molecule has 0 bridgehead atoms. The molecule has 0 unspecified atom stereocenters. The molecule has 0 spiro atoms. The van der Waals surface area contributed by atoms with Gasteiger partial charge in [-0.25, -0.2) is 8.42 Å². The van der Waals surface area contributed by atoms with Gasteiger partial charge in [-0.05, 0) is 51.2 Å². The molecule has 1 aliphatic heterocycles. The van der Waals surface area contributed by atoms with E-state index in [1.807, 2.05) is 20.8 Å². The van der Waals surface area contributed by atoms with Crippen molar-refractivity contribution in [3.63, 3.8) is 0 Å². The molecule has 1 fully saturated rings. The zero-order chi connectivity index (χ0) is 17.0. The van der Waals surface area contributed by atoms with Crippen LogP contribution in [0.25, 0.3) is 0 Å². The molecule has 1 aromatic rings. The zero-order valence-electron chi connectivity index (χ0n) is 14.5. The number of sulfonamides is 1. The van der Waals surface area contributed by atoms with E-state index in [4.69, 9.17) is 9.47 Å². The third-order valence-electron chi connectivity index (χ3n) is 4.08. The maximum Gasteiger partial charge on any atom is 0.246 e. The van der Waals surface area contributed by atoms with Gasteiger partial charge in [-0.15, -0.1) is 0 Å². The highest BCUT2D eigenvalue weighted by atomic mass is 32.2. The molecule has 130 valence electrons. The van der Waals surface area contributed by atoms with Crippen molar-refractivity contribution in [3.8, 4) is 11.5 Å². The fraction of sp³-hybridized carbons (Fsp3) is 0.647. The molecule has 1 aliphatic rings. The van der Waals surface area contributed by atoms with Crippen molar-refractivity contribution in [1.29, 1.82) is 0 Å². The van der Waals surface area contributed by atoms with Gasteiger partial charge in [0.2, 0.25) is 10.0 Å². The number of rotatable bonds is 6. The lowest BCUT2D eigenvalue weighted by Crippen LogP contribution is -2.39. The van der Waals surface area contributed by atoms with Crippen LogP contribution in [0.1, 0.15) is 39.2 Å². The highest BCUT2D eigenvalue weighted by Gasteiger charge is 2.32. The summed E-state index contributed by atoms with van der Waals surface area (Å²) in [5.41, 5.74) is 0.876. The summed E-state index contributed by atoms with van der Waals surface area (Å²) in [5, 5.41) is 0. The third kappa shape index (κ3) is 3.98. The minimum atomic E-state index is -3.58. The van der Waals surface area contributed by atoms with Gasteiger partial charge in [0, 0.05) is 19.2 Å². The van der Waals surface area contributed by atoms with Crippen molar-refractivity contribution in [2.45, 2.75) is 45.4 Å². The minimum absolute atomic E-state index is 0.211. The van der Waals surface area contributed by atoms with Crippen molar-refractivity contribution >= 4 is 10.0 Å². The van der Waals surface area contributed by atoms with Crippen LogP contribution in [-0.4, -0.2) is 39.0 Å². The predicted octanol–water partition coefficient (Wildman–Crippen LogP) is 3.21. The summed E-state index contributed by atoms with van der Waals surface area (Å²) in [6.45, 7) is 9.77. The van der Waals surface area contributed by atoms with Crippen LogP contribution in [0.4, 0.5) is 0 Å². The highest BCUT2D eigenvalue weighted by molar-refractivity contribution is 7.89. The van der Waals surface area contributed by atoms with Crippen LogP contribution in [0, 0.1) is 12.8 Å². The van der Waals surface area contributed by atoms with Gasteiger partial charge >= 0.3 is 0 Å². The van der Waals surface area contributed by atoms with Crippen molar-refractivity contribution in [3.05, 3.63) is 17.7 Å². The first-order valence-corrected chi connectivity index (χ1v) is 9.74. The molecule has 0 radical (unpaired) electrons. The number of hydrogen-bond donors (Lipinski definition) is 0. The summed E-state index contributed by atoms with van der Waals surface area (Å²) in [6, 6.07) is 3.37. The van der Waals surface area contributed by atoms with Gasteiger partial charge in [-0.1, -0.05) is 6.92 Å². The van der Waals surface area contributed by atoms with Gasteiger partial charge in [0.25, 0.3) is 0 Å². The Balaban J connectivity index is 2.47. The van der Waals surface area contributed by atoms with Gasteiger partial charge in [-0.3, -0.25) is 0 Å². The van der Waals surface area contributed by atoms with Crippen molar-refractivity contribution < 1.29 is 17.9 Å². The average molecular weight is 341 g/mol. The molecule has 23 heavy (non-hydrogen) atoms. The maximum absolute atomic E-state index is 13.1. The Morgan fingerprint density at radius 3 is 2.43 bits per heavy atom. The number of hydrogen-bond acceptors (Lipinski definition) is 4. The molecule has 0 aromatic heterocycles. The Morgan fingerprint density at radius 2 is 1.83 bits per heavy atom. The van der Waals surface area contributed by atoms with Gasteiger partial charge in [0.05, 0.1) is 13.2 Å². The van der Waals surface area contributed by atoms with E-state index in [0.717, 1.165) is 18.4 Å². The largest absolute Gasteiger partial charge is 0.494 e. The summed E-state index contributed by atoms with van der Waals surface area (Å²) in [6.07, 6.45) is 1.97. The maximum atomic E-state index is 13.1. The zero-order valence-corrected chi connectivity index (χ0v) is 15.3. The van der Waals surface area contributed by atoms with Crippen LogP contribution < -0.4 is 9.47 Å². The molecular weight excluding hydrogens is 314 g/mol. The molecule has 5 nitrogen and oxygen atoms in total. The quantitative estimate of drug-likeness (QED) is 0.797. The van der Waals surface area contributed by atoms with E-state index in [1.165, 1.54) is 0 Å². The standard InChI is InChI=1S/C17H27NO4S/c1-5-21-15-11-17(16(22-6-2)10-14(15)4)23(19,20)18-9-7-8-13(3)12-18/h10-11,13H,5-9,12H2,1-4H3/t13-/m0/s1. The molecule has 0 amide bonds. The molecule has 1 aromatic carbocycles. The summed E-state index contributed by atoms with van der Waals surface area (Å²) in [7, 11) is -3.58. The number of benzene rings is 1. The second-order valence-corrected chi connectivity index (χ2v) is 7.95. The lowest BCUT2D eigenvalue weighted by molar-refractivity contribution is 0.278. The lowest BCUT2D eigenvalue weighted by Gasteiger charge is -2.30. The van der Waals surface area contributed by atoms with Crippen LogP contribution in [0.15, 0.2) is 17.0 Å². The Labute approximate surface area is 139 Å². The van der Waals surface area contributed by atoms with E-state index >= 15 is 0 Å². The number of nitrogens with zero attached hydrogens (tertiary/aromatic N) is 1. The van der Waals surface area contributed by atoms with E-state index in [2.05, 4.69) is 6.92 Å². The van der Waals surface area contributed by atoms with Gasteiger partial charge < -0.3 is 9.47 Å². The fourth-order valence-electron chi connectivity index (χ4n) is 2.93. The molecule has 1 saturated heterocycles. The summed E-state index contributed by atoms with van der Waals surface area (Å²) in [4.78, 5) is 0.211. The van der Waals surface area contributed by atoms with Gasteiger partial charge in [0.15, 0.2) is 0 Å². The average Bonchev–Trinajstić information content (AvgIpc) is 2.50. The third-order valence-corrected chi connectivity index (χ3v) is 5.96. The SMILES string of the molecule is CCOc1cc(S(=O)(=O)N2CCC[C@H](C)C2)c(OCC)cc1C. The Kier molecular flexibility index (Phi) is 5.92. The van der Waals surface area contributed by atoms with Crippen molar-refractivity contribution in [2.24, 2.45) is 5.92 Å². The first-order chi connectivity index (χ1) is 10.9. The monoisotopic (exact) mass is 341 g/mol. The van der Waals surface area contributed by atoms with Crippen LogP contribution >= 0.6 is 0 Å². The number of ether oxygens (including phenoxy) is 2. The highest BCUT2D eigenvalue weighted by Crippen LogP contribution is 2.35. The molecular formula is C17H27NO4S. The molecule has 6 heteroatoms. The van der Waals surface area contributed by atoms with Crippen molar-refractivity contribution in [2.75, 3.05) is 26.3 Å². The summed E-state index contributed by atoms with van der Waals surface area (Å²) < 4.78 is 38.9. The fourth-order valence-corrected chi connectivity index (χ4v) is 4.65. The molecule has 0 aliphatic carbocycles. The molecule has 0 saturated carbocycles. The van der Waals surface area contributed by atoms with E-state index in [0.29, 0.717) is 43.7 Å². The van der Waals surface area contributed by atoms with E-state index in [9.17, 15) is 8.42 Å². The topological polar surface area (TPSA) is 55.8 Å². The lowest BCUT2D eigenvalue weighted by atomic mass is 10.0. The van der Waals surface area contributed by atoms with Crippen LogP contribution in [0.2, 0.25) is 0 Å². The Hall–Kier alpha value is -1.27.